The molecule has 0 unspecified atom stereocenters. The largest absolute Gasteiger partial charge is 0.0654 e. The van der Waals surface area contributed by atoms with E-state index in [4.69, 9.17) is 0 Å². The first-order valence-corrected chi connectivity index (χ1v) is 9.67. The summed E-state index contributed by atoms with van der Waals surface area (Å²) in [6.07, 6.45) is 19.5. The number of rotatable bonds is 6. The first-order chi connectivity index (χ1) is 9.67. The van der Waals surface area contributed by atoms with Crippen molar-refractivity contribution in [1.29, 1.82) is 0 Å². The van der Waals surface area contributed by atoms with Gasteiger partial charge in [-0.25, -0.2) is 0 Å². The molecule has 0 nitrogen and oxygen atoms in total. The fourth-order valence-corrected chi connectivity index (χ4v) is 5.10. The molecule has 2 aliphatic carbocycles. The third-order valence-corrected chi connectivity index (χ3v) is 6.61. The van der Waals surface area contributed by atoms with Crippen LogP contribution in [0, 0.1) is 23.2 Å². The Hall–Kier alpha value is 0. The molecule has 0 bridgehead atoms. The molecule has 0 saturated heterocycles. The Labute approximate surface area is 128 Å². The molecule has 0 aromatic rings. The number of unbranched alkanes of at least 4 members (excludes halogenated alkanes) is 1. The van der Waals surface area contributed by atoms with Crippen LogP contribution in [0.1, 0.15) is 104 Å². The topological polar surface area (TPSA) is 0 Å². The van der Waals surface area contributed by atoms with Gasteiger partial charge in [-0.05, 0) is 68.1 Å². The lowest BCUT2D eigenvalue weighted by Gasteiger charge is -2.42. The monoisotopic (exact) mass is 278 g/mol. The zero-order valence-corrected chi connectivity index (χ0v) is 14.4. The van der Waals surface area contributed by atoms with Crippen molar-refractivity contribution in [1.82, 2.24) is 0 Å². The van der Waals surface area contributed by atoms with Gasteiger partial charge in [0.25, 0.3) is 0 Å². The molecular weight excluding hydrogens is 240 g/mol. The van der Waals surface area contributed by atoms with E-state index >= 15 is 0 Å². The lowest BCUT2D eigenvalue weighted by molar-refractivity contribution is 0.0963. The van der Waals surface area contributed by atoms with Crippen molar-refractivity contribution in [2.45, 2.75) is 104 Å². The van der Waals surface area contributed by atoms with Crippen molar-refractivity contribution in [2.75, 3.05) is 0 Å². The van der Waals surface area contributed by atoms with E-state index in [1.165, 1.54) is 44.9 Å². The van der Waals surface area contributed by atoms with Crippen molar-refractivity contribution in [2.24, 2.45) is 23.2 Å². The average Bonchev–Trinajstić information content (AvgIpc) is 2.47. The fourth-order valence-electron chi connectivity index (χ4n) is 5.10. The highest BCUT2D eigenvalue weighted by molar-refractivity contribution is 4.86. The van der Waals surface area contributed by atoms with Crippen LogP contribution in [0.5, 0.6) is 0 Å². The molecule has 2 fully saturated rings. The SMILES string of the molecule is CCCCC1CCC([C@H]2CC[C@](C)(CCC)CC2)CC1. The second-order valence-electron chi connectivity index (χ2n) is 8.32. The predicted octanol–water partition coefficient (Wildman–Crippen LogP) is 6.98. The summed E-state index contributed by atoms with van der Waals surface area (Å²) in [5.74, 6) is 3.27. The van der Waals surface area contributed by atoms with Gasteiger partial charge in [0.2, 0.25) is 0 Å². The van der Waals surface area contributed by atoms with E-state index in [9.17, 15) is 0 Å². The average molecular weight is 279 g/mol. The van der Waals surface area contributed by atoms with Crippen molar-refractivity contribution in [3.8, 4) is 0 Å². The molecule has 20 heavy (non-hydrogen) atoms. The van der Waals surface area contributed by atoms with Crippen LogP contribution in [0.3, 0.4) is 0 Å². The minimum atomic E-state index is 0.698. The Morgan fingerprint density at radius 3 is 1.95 bits per heavy atom. The molecule has 0 amide bonds. The zero-order valence-electron chi connectivity index (χ0n) is 14.4. The summed E-state index contributed by atoms with van der Waals surface area (Å²) in [5.41, 5.74) is 0.698. The lowest BCUT2D eigenvalue weighted by Crippen LogP contribution is -2.30. The number of hydrogen-bond acceptors (Lipinski definition) is 0. The van der Waals surface area contributed by atoms with Gasteiger partial charge in [0.15, 0.2) is 0 Å². The summed E-state index contributed by atoms with van der Waals surface area (Å²) in [7, 11) is 0. The van der Waals surface area contributed by atoms with Crippen molar-refractivity contribution in [3.63, 3.8) is 0 Å². The Morgan fingerprint density at radius 2 is 1.40 bits per heavy atom. The predicted molar refractivity (Wildman–Crippen MR) is 89.9 cm³/mol. The van der Waals surface area contributed by atoms with Gasteiger partial charge in [0.05, 0.1) is 0 Å². The summed E-state index contributed by atoms with van der Waals surface area (Å²) in [6, 6.07) is 0. The van der Waals surface area contributed by atoms with Gasteiger partial charge in [-0.1, -0.05) is 59.3 Å². The quantitative estimate of drug-likeness (QED) is 0.491. The third kappa shape index (κ3) is 4.50. The minimum Gasteiger partial charge on any atom is -0.0654 e. The van der Waals surface area contributed by atoms with Gasteiger partial charge >= 0.3 is 0 Å². The van der Waals surface area contributed by atoms with E-state index in [1.54, 1.807) is 38.5 Å². The van der Waals surface area contributed by atoms with Crippen LogP contribution in [0.2, 0.25) is 0 Å². The molecule has 0 heteroatoms. The molecular formula is C20H38. The molecule has 0 aromatic carbocycles. The van der Waals surface area contributed by atoms with Crippen LogP contribution in [-0.2, 0) is 0 Å². The standard InChI is InChI=1S/C20H38/c1-4-6-7-17-8-10-18(11-9-17)19-12-15-20(3,14-5-2)16-13-19/h17-19H,4-16H2,1-3H3/t17?,18?,19-,20-. The molecule has 2 saturated carbocycles. The van der Waals surface area contributed by atoms with Crippen molar-refractivity contribution >= 4 is 0 Å². The molecule has 0 N–H and O–H groups in total. The van der Waals surface area contributed by atoms with Crippen molar-refractivity contribution < 1.29 is 0 Å². The van der Waals surface area contributed by atoms with Crippen LogP contribution < -0.4 is 0 Å². The molecule has 0 spiro atoms. The van der Waals surface area contributed by atoms with E-state index in [2.05, 4.69) is 20.8 Å². The maximum Gasteiger partial charge on any atom is -0.0326 e. The molecule has 0 atom stereocenters. The minimum absolute atomic E-state index is 0.698. The summed E-state index contributed by atoms with van der Waals surface area (Å²) < 4.78 is 0. The summed E-state index contributed by atoms with van der Waals surface area (Å²) in [5, 5.41) is 0. The molecule has 2 rings (SSSR count). The molecule has 118 valence electrons. The van der Waals surface area contributed by atoms with Crippen LogP contribution in [-0.4, -0.2) is 0 Å². The van der Waals surface area contributed by atoms with Gasteiger partial charge in [-0.2, -0.15) is 0 Å². The maximum absolute atomic E-state index is 2.55. The fraction of sp³-hybridized carbons (Fsp3) is 1.00. The summed E-state index contributed by atoms with van der Waals surface area (Å²) in [6.45, 7) is 7.24. The van der Waals surface area contributed by atoms with Gasteiger partial charge in [0.1, 0.15) is 0 Å². The van der Waals surface area contributed by atoms with Crippen LogP contribution in [0.4, 0.5) is 0 Å². The van der Waals surface area contributed by atoms with Crippen LogP contribution in [0.15, 0.2) is 0 Å². The van der Waals surface area contributed by atoms with E-state index < -0.39 is 0 Å². The summed E-state index contributed by atoms with van der Waals surface area (Å²) >= 11 is 0. The highest BCUT2D eigenvalue weighted by Gasteiger charge is 2.34. The van der Waals surface area contributed by atoms with Gasteiger partial charge < -0.3 is 0 Å². The highest BCUT2D eigenvalue weighted by atomic mass is 14.4. The Morgan fingerprint density at radius 1 is 0.800 bits per heavy atom. The van der Waals surface area contributed by atoms with E-state index in [0.29, 0.717) is 5.41 Å². The summed E-state index contributed by atoms with van der Waals surface area (Å²) in [4.78, 5) is 0. The Balaban J connectivity index is 1.70. The molecule has 0 radical (unpaired) electrons. The van der Waals surface area contributed by atoms with Gasteiger partial charge in [-0.3, -0.25) is 0 Å². The van der Waals surface area contributed by atoms with E-state index in [1.807, 2.05) is 0 Å². The Bertz CT molecular complexity index is 251. The first kappa shape index (κ1) is 16.4. The molecule has 0 aromatic heterocycles. The van der Waals surface area contributed by atoms with Gasteiger partial charge in [-0.15, -0.1) is 0 Å². The molecule has 0 heterocycles. The lowest BCUT2D eigenvalue weighted by atomic mass is 9.64. The zero-order chi connectivity index (χ0) is 14.4. The van der Waals surface area contributed by atoms with Crippen LogP contribution >= 0.6 is 0 Å². The van der Waals surface area contributed by atoms with Crippen LogP contribution in [0.25, 0.3) is 0 Å². The van der Waals surface area contributed by atoms with E-state index in [-0.39, 0.29) is 0 Å². The maximum atomic E-state index is 2.55. The molecule has 2 aliphatic rings. The number of hydrogen-bond donors (Lipinski definition) is 0. The third-order valence-electron chi connectivity index (χ3n) is 6.61. The second-order valence-corrected chi connectivity index (χ2v) is 8.32. The smallest absolute Gasteiger partial charge is 0.0326 e. The normalized spacial score (nSPS) is 38.9. The van der Waals surface area contributed by atoms with Crippen molar-refractivity contribution in [3.05, 3.63) is 0 Å². The Kier molecular flexibility index (Phi) is 6.43. The second kappa shape index (κ2) is 7.85. The van der Waals surface area contributed by atoms with Gasteiger partial charge in [0, 0.05) is 0 Å². The first-order valence-electron chi connectivity index (χ1n) is 9.67. The van der Waals surface area contributed by atoms with E-state index in [0.717, 1.165) is 17.8 Å². The molecule has 0 aliphatic heterocycles. The highest BCUT2D eigenvalue weighted by Crippen LogP contribution is 2.47.